The third-order valence-corrected chi connectivity index (χ3v) is 4.72. The van der Waals surface area contributed by atoms with E-state index in [-0.39, 0.29) is 12.0 Å². The van der Waals surface area contributed by atoms with Crippen LogP contribution in [-0.2, 0) is 11.3 Å². The van der Waals surface area contributed by atoms with Crippen molar-refractivity contribution in [1.82, 2.24) is 10.6 Å². The number of para-hydroxylation sites is 1. The van der Waals surface area contributed by atoms with Gasteiger partial charge in [0.25, 0.3) is 0 Å². The number of carbonyl (C=O) groups is 1. The van der Waals surface area contributed by atoms with Crippen molar-refractivity contribution < 1.29 is 9.53 Å². The standard InChI is InChI=1S/C23H30N4O2/c1-3-24-23(25-16-18(2)29-21-8-5-4-6-9-21)26-17-19-11-13-20(14-12-19)27-15-7-10-22(27)28/h4-6,8-9,11-14,18H,3,7,10,15-17H2,1-2H3,(H2,24,25,26). The third kappa shape index (κ3) is 6.24. The number of guanidine groups is 1. The summed E-state index contributed by atoms with van der Waals surface area (Å²) >= 11 is 0. The first-order valence-corrected chi connectivity index (χ1v) is 10.3. The molecule has 6 heteroatoms. The first-order chi connectivity index (χ1) is 14.2. The van der Waals surface area contributed by atoms with Crippen LogP contribution in [0.4, 0.5) is 5.69 Å². The normalized spacial score (nSPS) is 15.3. The lowest BCUT2D eigenvalue weighted by Gasteiger charge is -2.18. The highest BCUT2D eigenvalue weighted by atomic mass is 16.5. The van der Waals surface area contributed by atoms with E-state index in [0.717, 1.165) is 42.5 Å². The van der Waals surface area contributed by atoms with Crippen molar-refractivity contribution in [2.24, 2.45) is 4.99 Å². The van der Waals surface area contributed by atoms with Crippen molar-refractivity contribution in [3.63, 3.8) is 0 Å². The van der Waals surface area contributed by atoms with Gasteiger partial charge in [0.15, 0.2) is 5.96 Å². The number of nitrogens with one attached hydrogen (secondary N) is 2. The minimum Gasteiger partial charge on any atom is -0.489 e. The van der Waals surface area contributed by atoms with E-state index in [4.69, 9.17) is 4.74 Å². The molecule has 1 aliphatic heterocycles. The Labute approximate surface area is 173 Å². The van der Waals surface area contributed by atoms with Crippen LogP contribution >= 0.6 is 0 Å². The molecule has 2 aromatic rings. The van der Waals surface area contributed by atoms with Gasteiger partial charge in [-0.3, -0.25) is 4.79 Å². The van der Waals surface area contributed by atoms with Gasteiger partial charge in [-0.2, -0.15) is 0 Å². The van der Waals surface area contributed by atoms with Crippen molar-refractivity contribution in [1.29, 1.82) is 0 Å². The lowest BCUT2D eigenvalue weighted by atomic mass is 10.2. The van der Waals surface area contributed by atoms with Crippen molar-refractivity contribution >= 4 is 17.6 Å². The molecule has 0 saturated carbocycles. The van der Waals surface area contributed by atoms with E-state index >= 15 is 0 Å². The smallest absolute Gasteiger partial charge is 0.227 e. The Hall–Kier alpha value is -3.02. The summed E-state index contributed by atoms with van der Waals surface area (Å²) in [6, 6.07) is 17.9. The molecule has 1 unspecified atom stereocenters. The fourth-order valence-corrected chi connectivity index (χ4v) is 3.23. The Morgan fingerprint density at radius 3 is 2.55 bits per heavy atom. The molecule has 1 saturated heterocycles. The molecule has 0 aromatic heterocycles. The van der Waals surface area contributed by atoms with Gasteiger partial charge in [-0.1, -0.05) is 30.3 Å². The van der Waals surface area contributed by atoms with Crippen LogP contribution in [-0.4, -0.2) is 37.6 Å². The van der Waals surface area contributed by atoms with E-state index in [1.165, 1.54) is 0 Å². The number of rotatable bonds is 8. The summed E-state index contributed by atoms with van der Waals surface area (Å²) in [6.07, 6.45) is 1.60. The van der Waals surface area contributed by atoms with Gasteiger partial charge >= 0.3 is 0 Å². The lowest BCUT2D eigenvalue weighted by Crippen LogP contribution is -2.41. The molecular formula is C23H30N4O2. The molecule has 2 aromatic carbocycles. The largest absolute Gasteiger partial charge is 0.489 e. The zero-order chi connectivity index (χ0) is 20.5. The third-order valence-electron chi connectivity index (χ3n) is 4.72. The second-order valence-electron chi connectivity index (χ2n) is 7.13. The van der Waals surface area contributed by atoms with E-state index in [0.29, 0.717) is 19.5 Å². The molecule has 2 N–H and O–H groups in total. The van der Waals surface area contributed by atoms with E-state index < -0.39 is 0 Å². The SMILES string of the molecule is CCNC(=NCc1ccc(N2CCCC2=O)cc1)NCC(C)Oc1ccccc1. The molecule has 6 nitrogen and oxygen atoms in total. The Morgan fingerprint density at radius 2 is 1.90 bits per heavy atom. The van der Waals surface area contributed by atoms with Gasteiger partial charge in [0, 0.05) is 25.2 Å². The maximum atomic E-state index is 11.9. The minimum absolute atomic E-state index is 0.0125. The van der Waals surface area contributed by atoms with Gasteiger partial charge in [-0.25, -0.2) is 4.99 Å². The molecule has 29 heavy (non-hydrogen) atoms. The average molecular weight is 395 g/mol. The zero-order valence-electron chi connectivity index (χ0n) is 17.2. The summed E-state index contributed by atoms with van der Waals surface area (Å²) in [5.74, 6) is 1.83. The van der Waals surface area contributed by atoms with Crippen LogP contribution in [0.2, 0.25) is 0 Å². The molecule has 1 fully saturated rings. The van der Waals surface area contributed by atoms with Crippen LogP contribution < -0.4 is 20.3 Å². The molecule has 0 spiro atoms. The Balaban J connectivity index is 1.52. The lowest BCUT2D eigenvalue weighted by molar-refractivity contribution is -0.117. The summed E-state index contributed by atoms with van der Waals surface area (Å²) < 4.78 is 5.90. The van der Waals surface area contributed by atoms with Crippen LogP contribution in [0, 0.1) is 0 Å². The van der Waals surface area contributed by atoms with E-state index in [1.54, 1.807) is 0 Å². The molecule has 154 valence electrons. The predicted octanol–water partition coefficient (Wildman–Crippen LogP) is 3.34. The van der Waals surface area contributed by atoms with Crippen molar-refractivity contribution in [2.45, 2.75) is 39.3 Å². The summed E-state index contributed by atoms with van der Waals surface area (Å²) in [6.45, 7) is 6.89. The molecule has 1 atom stereocenters. The van der Waals surface area contributed by atoms with Gasteiger partial charge in [0.2, 0.25) is 5.91 Å². The minimum atomic E-state index is 0.0125. The van der Waals surface area contributed by atoms with Crippen molar-refractivity contribution in [3.05, 3.63) is 60.2 Å². The van der Waals surface area contributed by atoms with E-state index in [1.807, 2.05) is 73.3 Å². The quantitative estimate of drug-likeness (QED) is 0.532. The number of anilines is 1. The van der Waals surface area contributed by atoms with Gasteiger partial charge in [0.05, 0.1) is 13.1 Å². The summed E-state index contributed by atoms with van der Waals surface area (Å²) in [5, 5.41) is 6.60. The summed E-state index contributed by atoms with van der Waals surface area (Å²) in [7, 11) is 0. The zero-order valence-corrected chi connectivity index (χ0v) is 17.2. The fourth-order valence-electron chi connectivity index (χ4n) is 3.23. The van der Waals surface area contributed by atoms with Crippen LogP contribution in [0.5, 0.6) is 5.75 Å². The number of hydrogen-bond donors (Lipinski definition) is 2. The molecule has 0 radical (unpaired) electrons. The molecule has 1 aliphatic rings. The van der Waals surface area contributed by atoms with Gasteiger partial charge in [0.1, 0.15) is 11.9 Å². The van der Waals surface area contributed by atoms with Crippen LogP contribution in [0.3, 0.4) is 0 Å². The Kier molecular flexibility index (Phi) is 7.50. The van der Waals surface area contributed by atoms with Gasteiger partial charge in [-0.15, -0.1) is 0 Å². The number of ether oxygens (including phenoxy) is 1. The molecule has 0 aliphatic carbocycles. The van der Waals surface area contributed by atoms with Crippen LogP contribution in [0.15, 0.2) is 59.6 Å². The summed E-state index contributed by atoms with van der Waals surface area (Å²) in [4.78, 5) is 18.4. The molecular weight excluding hydrogens is 364 g/mol. The van der Waals surface area contributed by atoms with Crippen molar-refractivity contribution in [3.8, 4) is 5.75 Å². The topological polar surface area (TPSA) is 66.0 Å². The maximum absolute atomic E-state index is 11.9. The first kappa shape index (κ1) is 20.7. The summed E-state index contributed by atoms with van der Waals surface area (Å²) in [5.41, 5.74) is 2.07. The number of amides is 1. The van der Waals surface area contributed by atoms with E-state index in [9.17, 15) is 4.79 Å². The van der Waals surface area contributed by atoms with Crippen molar-refractivity contribution in [2.75, 3.05) is 24.5 Å². The second kappa shape index (κ2) is 10.5. The molecule has 1 heterocycles. The number of carbonyl (C=O) groups excluding carboxylic acids is 1. The van der Waals surface area contributed by atoms with Crippen LogP contribution in [0.25, 0.3) is 0 Å². The number of aliphatic imine (C=N–C) groups is 1. The number of benzene rings is 2. The maximum Gasteiger partial charge on any atom is 0.227 e. The second-order valence-corrected chi connectivity index (χ2v) is 7.13. The van der Waals surface area contributed by atoms with Crippen LogP contribution in [0.1, 0.15) is 32.3 Å². The monoisotopic (exact) mass is 394 g/mol. The number of hydrogen-bond acceptors (Lipinski definition) is 3. The highest BCUT2D eigenvalue weighted by molar-refractivity contribution is 5.95. The fraction of sp³-hybridized carbons (Fsp3) is 0.391. The highest BCUT2D eigenvalue weighted by Crippen LogP contribution is 2.21. The van der Waals surface area contributed by atoms with Gasteiger partial charge in [-0.05, 0) is 50.1 Å². The molecule has 0 bridgehead atoms. The predicted molar refractivity (Wildman–Crippen MR) is 117 cm³/mol. The molecule has 3 rings (SSSR count). The van der Waals surface area contributed by atoms with E-state index in [2.05, 4.69) is 15.6 Å². The van der Waals surface area contributed by atoms with Gasteiger partial charge < -0.3 is 20.3 Å². The first-order valence-electron chi connectivity index (χ1n) is 10.3. The average Bonchev–Trinajstić information content (AvgIpc) is 3.17. The Morgan fingerprint density at radius 1 is 1.14 bits per heavy atom. The Bertz CT molecular complexity index is 805. The molecule has 1 amide bonds. The number of nitrogens with zero attached hydrogens (tertiary/aromatic N) is 2. The highest BCUT2D eigenvalue weighted by Gasteiger charge is 2.21.